The number of hydrogen-bond donors (Lipinski definition) is 1. The number of benzene rings is 1. The van der Waals surface area contributed by atoms with Crippen LogP contribution in [0.4, 0.5) is 18.9 Å². The van der Waals surface area contributed by atoms with Crippen LogP contribution in [0, 0.1) is 12.8 Å². The molecular weight excluding hydrogens is 405 g/mol. The molecule has 0 bridgehead atoms. The standard InChI is InChI=1S/C20H26ClF3N4O/c1-13-10-19(20(22,23)24)26-28(13)12-17(25-2)14-6-8-27(9-7-14)15-4-5-16(21)18(11-15)29-3/h4-5,10-11,14,17,25H,6-9,12H2,1-3H3. The molecule has 160 valence electrons. The molecule has 2 heterocycles. The zero-order valence-electron chi connectivity index (χ0n) is 16.8. The monoisotopic (exact) mass is 430 g/mol. The van der Waals surface area contributed by atoms with Gasteiger partial charge in [0.2, 0.25) is 0 Å². The number of anilines is 1. The van der Waals surface area contributed by atoms with Gasteiger partial charge in [0.25, 0.3) is 0 Å². The summed E-state index contributed by atoms with van der Waals surface area (Å²) in [5.41, 5.74) is 0.739. The molecule has 1 N–H and O–H groups in total. The minimum atomic E-state index is -4.42. The quantitative estimate of drug-likeness (QED) is 0.738. The summed E-state index contributed by atoms with van der Waals surface area (Å²) in [5, 5.41) is 7.62. The number of methoxy groups -OCH3 is 1. The highest BCUT2D eigenvalue weighted by atomic mass is 35.5. The number of halogens is 4. The number of rotatable bonds is 6. The van der Waals surface area contributed by atoms with E-state index in [0.717, 1.165) is 37.7 Å². The topological polar surface area (TPSA) is 42.3 Å². The van der Waals surface area contributed by atoms with Crippen LogP contribution < -0.4 is 15.0 Å². The van der Waals surface area contributed by atoms with E-state index in [1.54, 1.807) is 14.0 Å². The smallest absolute Gasteiger partial charge is 0.435 e. The van der Waals surface area contributed by atoms with Crippen LogP contribution in [-0.4, -0.2) is 43.1 Å². The zero-order valence-corrected chi connectivity index (χ0v) is 17.5. The molecule has 1 aliphatic heterocycles. The molecule has 1 saturated heterocycles. The van der Waals surface area contributed by atoms with E-state index in [1.165, 1.54) is 4.68 Å². The van der Waals surface area contributed by atoms with Crippen molar-refractivity contribution >= 4 is 17.3 Å². The van der Waals surface area contributed by atoms with E-state index in [4.69, 9.17) is 16.3 Å². The first-order valence-corrected chi connectivity index (χ1v) is 9.98. The Labute approximate surface area is 173 Å². The highest BCUT2D eigenvalue weighted by molar-refractivity contribution is 6.32. The molecule has 2 aromatic rings. The number of hydrogen-bond acceptors (Lipinski definition) is 4. The van der Waals surface area contributed by atoms with Gasteiger partial charge < -0.3 is 15.0 Å². The van der Waals surface area contributed by atoms with Gasteiger partial charge in [0, 0.05) is 36.6 Å². The van der Waals surface area contributed by atoms with Crippen molar-refractivity contribution in [3.05, 3.63) is 40.7 Å². The average Bonchev–Trinajstić information content (AvgIpc) is 3.07. The highest BCUT2D eigenvalue weighted by Gasteiger charge is 2.35. The third-order valence-corrected chi connectivity index (χ3v) is 5.93. The number of nitrogens with zero attached hydrogens (tertiary/aromatic N) is 3. The van der Waals surface area contributed by atoms with Gasteiger partial charge in [-0.2, -0.15) is 18.3 Å². The first kappa shape index (κ1) is 21.8. The Morgan fingerprint density at radius 2 is 1.97 bits per heavy atom. The maximum atomic E-state index is 12.9. The van der Waals surface area contributed by atoms with Gasteiger partial charge >= 0.3 is 6.18 Å². The summed E-state index contributed by atoms with van der Waals surface area (Å²) < 4.78 is 45.5. The second-order valence-corrected chi connectivity index (χ2v) is 7.80. The number of nitrogens with one attached hydrogen (secondary N) is 1. The summed E-state index contributed by atoms with van der Waals surface area (Å²) in [7, 11) is 3.45. The van der Waals surface area contributed by atoms with Crippen molar-refractivity contribution < 1.29 is 17.9 Å². The summed E-state index contributed by atoms with van der Waals surface area (Å²) in [6.07, 6.45) is -2.55. The Hall–Kier alpha value is -1.93. The van der Waals surface area contributed by atoms with Gasteiger partial charge in [-0.05, 0) is 50.9 Å². The summed E-state index contributed by atoms with van der Waals surface area (Å²) in [4.78, 5) is 2.28. The number of piperidine rings is 1. The van der Waals surface area contributed by atoms with E-state index in [1.807, 2.05) is 25.2 Å². The lowest BCUT2D eigenvalue weighted by atomic mass is 9.89. The highest BCUT2D eigenvalue weighted by Crippen LogP contribution is 2.33. The third-order valence-electron chi connectivity index (χ3n) is 5.62. The summed E-state index contributed by atoms with van der Waals surface area (Å²) in [6.45, 7) is 3.79. The maximum Gasteiger partial charge on any atom is 0.435 e. The van der Waals surface area contributed by atoms with Crippen LogP contribution in [0.15, 0.2) is 24.3 Å². The first-order valence-electron chi connectivity index (χ1n) is 9.60. The lowest BCUT2D eigenvalue weighted by Gasteiger charge is -2.37. The zero-order chi connectivity index (χ0) is 21.2. The molecule has 0 spiro atoms. The molecule has 0 aliphatic carbocycles. The van der Waals surface area contributed by atoms with Crippen LogP contribution in [0.3, 0.4) is 0 Å². The van der Waals surface area contributed by atoms with Crippen LogP contribution in [-0.2, 0) is 12.7 Å². The van der Waals surface area contributed by atoms with Gasteiger partial charge in [-0.15, -0.1) is 0 Å². The van der Waals surface area contributed by atoms with Crippen molar-refractivity contribution in [3.8, 4) is 5.75 Å². The second-order valence-electron chi connectivity index (χ2n) is 7.39. The van der Waals surface area contributed by atoms with Crippen LogP contribution in [0.1, 0.15) is 24.2 Å². The number of aryl methyl sites for hydroxylation is 1. The number of alkyl halides is 3. The van der Waals surface area contributed by atoms with Crippen LogP contribution in [0.5, 0.6) is 5.75 Å². The molecule has 3 rings (SSSR count). The van der Waals surface area contributed by atoms with E-state index in [-0.39, 0.29) is 6.04 Å². The molecule has 0 saturated carbocycles. The molecule has 9 heteroatoms. The average molecular weight is 431 g/mol. The fraction of sp³-hybridized carbons (Fsp3) is 0.550. The summed E-state index contributed by atoms with van der Waals surface area (Å²) in [6, 6.07) is 6.90. The molecule has 0 radical (unpaired) electrons. The van der Waals surface area contributed by atoms with E-state index >= 15 is 0 Å². The largest absolute Gasteiger partial charge is 0.495 e. The first-order chi connectivity index (χ1) is 13.7. The summed E-state index contributed by atoms with van der Waals surface area (Å²) in [5.74, 6) is 0.998. The van der Waals surface area contributed by atoms with Crippen LogP contribution in [0.25, 0.3) is 0 Å². The fourth-order valence-electron chi connectivity index (χ4n) is 3.90. The normalized spacial score (nSPS) is 16.9. The molecule has 1 aromatic heterocycles. The lowest BCUT2D eigenvalue weighted by Crippen LogP contribution is -2.44. The fourth-order valence-corrected chi connectivity index (χ4v) is 4.10. The SMILES string of the molecule is CNC(Cn1nc(C(F)(F)F)cc1C)C1CCN(c2ccc(Cl)c(OC)c2)CC1. The lowest BCUT2D eigenvalue weighted by molar-refractivity contribution is -0.141. The minimum absolute atomic E-state index is 0.0524. The van der Waals surface area contributed by atoms with Crippen molar-refractivity contribution in [2.75, 3.05) is 32.1 Å². The van der Waals surface area contributed by atoms with Crippen molar-refractivity contribution in [2.45, 2.75) is 38.5 Å². The Kier molecular flexibility index (Phi) is 6.63. The number of likely N-dealkylation sites (N-methyl/N-ethyl adjacent to an activating group) is 1. The van der Waals surface area contributed by atoms with Gasteiger partial charge in [0.05, 0.1) is 18.7 Å². The Morgan fingerprint density at radius 1 is 1.28 bits per heavy atom. The van der Waals surface area contributed by atoms with Crippen molar-refractivity contribution in [2.24, 2.45) is 5.92 Å². The Balaban J connectivity index is 1.64. The molecule has 1 aliphatic rings. The van der Waals surface area contributed by atoms with Gasteiger partial charge in [-0.1, -0.05) is 11.6 Å². The minimum Gasteiger partial charge on any atom is -0.495 e. The Bertz CT molecular complexity index is 832. The van der Waals surface area contributed by atoms with Gasteiger partial charge in [-0.3, -0.25) is 4.68 Å². The third kappa shape index (κ3) is 4.98. The van der Waals surface area contributed by atoms with Gasteiger partial charge in [0.15, 0.2) is 5.69 Å². The van der Waals surface area contributed by atoms with E-state index in [0.29, 0.717) is 28.9 Å². The number of ether oxygens (including phenoxy) is 1. The van der Waals surface area contributed by atoms with Crippen LogP contribution in [0.2, 0.25) is 5.02 Å². The predicted octanol–water partition coefficient (Wildman–Crippen LogP) is 4.38. The van der Waals surface area contributed by atoms with Crippen LogP contribution >= 0.6 is 11.6 Å². The molecule has 1 atom stereocenters. The summed E-state index contributed by atoms with van der Waals surface area (Å²) >= 11 is 6.11. The van der Waals surface area contributed by atoms with Crippen molar-refractivity contribution in [3.63, 3.8) is 0 Å². The molecule has 0 amide bonds. The Morgan fingerprint density at radius 3 is 2.52 bits per heavy atom. The maximum absolute atomic E-state index is 12.9. The van der Waals surface area contributed by atoms with Gasteiger partial charge in [0.1, 0.15) is 5.75 Å². The second kappa shape index (κ2) is 8.83. The molecule has 5 nitrogen and oxygen atoms in total. The predicted molar refractivity (Wildman–Crippen MR) is 108 cm³/mol. The van der Waals surface area contributed by atoms with Gasteiger partial charge in [-0.25, -0.2) is 0 Å². The molecular formula is C20H26ClF3N4O. The molecule has 1 aromatic carbocycles. The molecule has 1 unspecified atom stereocenters. The van der Waals surface area contributed by atoms with Crippen molar-refractivity contribution in [1.29, 1.82) is 0 Å². The molecule has 1 fully saturated rings. The number of aromatic nitrogens is 2. The van der Waals surface area contributed by atoms with E-state index in [2.05, 4.69) is 15.3 Å². The van der Waals surface area contributed by atoms with Crippen molar-refractivity contribution in [1.82, 2.24) is 15.1 Å². The molecule has 29 heavy (non-hydrogen) atoms. The van der Waals surface area contributed by atoms with E-state index < -0.39 is 11.9 Å². The van der Waals surface area contributed by atoms with E-state index in [9.17, 15) is 13.2 Å².